The molecule has 0 radical (unpaired) electrons. The van der Waals surface area contributed by atoms with E-state index in [9.17, 15) is 4.79 Å². The summed E-state index contributed by atoms with van der Waals surface area (Å²) in [5.41, 5.74) is 4.06. The van der Waals surface area contributed by atoms with E-state index < -0.39 is 0 Å². The van der Waals surface area contributed by atoms with Gasteiger partial charge in [0.2, 0.25) is 0 Å². The Hall–Kier alpha value is -1.61. The molecule has 5 nitrogen and oxygen atoms in total. The van der Waals surface area contributed by atoms with E-state index >= 15 is 0 Å². The fourth-order valence-corrected chi connectivity index (χ4v) is 3.67. The van der Waals surface area contributed by atoms with Crippen LogP contribution >= 0.6 is 38.5 Å². The minimum atomic E-state index is -0.381. The molecule has 0 aliphatic rings. The molecule has 0 bridgehead atoms. The van der Waals surface area contributed by atoms with Gasteiger partial charge in [-0.25, -0.2) is 5.43 Å². The van der Waals surface area contributed by atoms with Gasteiger partial charge >= 0.3 is 5.91 Å². The number of benzene rings is 1. The Kier molecular flexibility index (Phi) is 4.34. The number of nitrogens with one attached hydrogen (secondary N) is 1. The van der Waals surface area contributed by atoms with E-state index in [0.717, 1.165) is 19.1 Å². The molecule has 0 unspecified atom stereocenters. The fourth-order valence-electron chi connectivity index (χ4n) is 2.01. The first-order valence-corrected chi connectivity index (χ1v) is 8.25. The van der Waals surface area contributed by atoms with Crippen molar-refractivity contribution >= 4 is 61.6 Å². The lowest BCUT2D eigenvalue weighted by atomic mass is 10.2. The number of aryl methyl sites for hydroxylation is 1. The highest BCUT2D eigenvalue weighted by molar-refractivity contribution is 14.1. The van der Waals surface area contributed by atoms with Crippen LogP contribution in [-0.2, 0) is 7.05 Å². The molecule has 1 amide bonds. The van der Waals surface area contributed by atoms with Gasteiger partial charge in [0.15, 0.2) is 5.76 Å². The van der Waals surface area contributed by atoms with Crippen LogP contribution in [0.1, 0.15) is 16.2 Å². The number of nitrogens with zero attached hydrogens (tertiary/aromatic N) is 2. The van der Waals surface area contributed by atoms with Gasteiger partial charge in [-0.2, -0.15) is 5.10 Å². The SMILES string of the molecule is Cn1cccc1/C=N\NC(=O)c1cc2cc(Br)cc(I)c2o1. The Balaban J connectivity index is 1.79. The summed E-state index contributed by atoms with van der Waals surface area (Å²) in [5.74, 6) is -0.149. The van der Waals surface area contributed by atoms with Gasteiger partial charge in [0.25, 0.3) is 0 Å². The smallest absolute Gasteiger partial charge is 0.307 e. The normalized spacial score (nSPS) is 11.4. The Morgan fingerprint density at radius 3 is 3.00 bits per heavy atom. The number of carbonyl (C=O) groups is 1. The molecule has 0 saturated carbocycles. The van der Waals surface area contributed by atoms with E-state index in [1.807, 2.05) is 42.1 Å². The average molecular weight is 472 g/mol. The molecule has 1 aromatic carbocycles. The van der Waals surface area contributed by atoms with Gasteiger partial charge in [-0.15, -0.1) is 0 Å². The molecule has 2 heterocycles. The van der Waals surface area contributed by atoms with E-state index in [0.29, 0.717) is 5.58 Å². The summed E-state index contributed by atoms with van der Waals surface area (Å²) in [5, 5.41) is 4.82. The van der Waals surface area contributed by atoms with E-state index in [4.69, 9.17) is 4.42 Å². The van der Waals surface area contributed by atoms with Crippen LogP contribution in [0.4, 0.5) is 0 Å². The molecule has 0 spiro atoms. The molecule has 0 atom stereocenters. The minimum Gasteiger partial charge on any atom is -0.450 e. The molecule has 112 valence electrons. The number of carbonyl (C=O) groups excluding carboxylic acids is 1. The predicted molar refractivity (Wildman–Crippen MR) is 97.1 cm³/mol. The van der Waals surface area contributed by atoms with Crippen LogP contribution in [0.2, 0.25) is 0 Å². The maximum Gasteiger partial charge on any atom is 0.307 e. The highest BCUT2D eigenvalue weighted by Gasteiger charge is 2.14. The lowest BCUT2D eigenvalue weighted by Crippen LogP contribution is -2.17. The number of furan rings is 1. The van der Waals surface area contributed by atoms with Gasteiger partial charge in [0.05, 0.1) is 15.5 Å². The molecule has 0 aliphatic heterocycles. The van der Waals surface area contributed by atoms with E-state index in [-0.39, 0.29) is 11.7 Å². The van der Waals surface area contributed by atoms with Crippen LogP contribution in [0.25, 0.3) is 11.0 Å². The molecular weight excluding hydrogens is 461 g/mol. The number of hydrogen-bond donors (Lipinski definition) is 1. The summed E-state index contributed by atoms with van der Waals surface area (Å²) >= 11 is 5.60. The number of amides is 1. The zero-order chi connectivity index (χ0) is 15.7. The van der Waals surface area contributed by atoms with Crippen molar-refractivity contribution < 1.29 is 9.21 Å². The second-order valence-corrected chi connectivity index (χ2v) is 6.74. The standard InChI is InChI=1S/C15H11BrIN3O2/c1-20-4-2-3-11(20)8-18-19-15(21)13-6-9-5-10(16)7-12(17)14(9)22-13/h2-8H,1H3,(H,19,21)/b18-8-. The molecule has 0 fully saturated rings. The first kappa shape index (κ1) is 15.3. The van der Waals surface area contributed by atoms with Gasteiger partial charge < -0.3 is 8.98 Å². The number of hydrogen-bond acceptors (Lipinski definition) is 3. The zero-order valence-electron chi connectivity index (χ0n) is 11.5. The van der Waals surface area contributed by atoms with Crippen molar-refractivity contribution in [3.63, 3.8) is 0 Å². The van der Waals surface area contributed by atoms with E-state index in [1.54, 1.807) is 12.3 Å². The summed E-state index contributed by atoms with van der Waals surface area (Å²) in [4.78, 5) is 12.1. The fraction of sp³-hybridized carbons (Fsp3) is 0.0667. The van der Waals surface area contributed by atoms with Crippen molar-refractivity contribution in [3.05, 3.63) is 56.0 Å². The molecule has 22 heavy (non-hydrogen) atoms. The lowest BCUT2D eigenvalue weighted by molar-refractivity contribution is 0.0929. The van der Waals surface area contributed by atoms with Crippen molar-refractivity contribution in [1.29, 1.82) is 0 Å². The second-order valence-electron chi connectivity index (χ2n) is 4.66. The number of hydrazone groups is 1. The van der Waals surface area contributed by atoms with Crippen LogP contribution in [-0.4, -0.2) is 16.7 Å². The Bertz CT molecular complexity index is 882. The maximum absolute atomic E-state index is 12.1. The summed E-state index contributed by atoms with van der Waals surface area (Å²) < 4.78 is 9.39. The molecule has 1 N–H and O–H groups in total. The molecule has 3 aromatic rings. The zero-order valence-corrected chi connectivity index (χ0v) is 15.3. The number of halogens is 2. The Morgan fingerprint density at radius 2 is 2.27 bits per heavy atom. The van der Waals surface area contributed by atoms with Crippen molar-refractivity contribution in [3.8, 4) is 0 Å². The highest BCUT2D eigenvalue weighted by Crippen LogP contribution is 2.28. The minimum absolute atomic E-state index is 0.232. The maximum atomic E-state index is 12.1. The topological polar surface area (TPSA) is 59.5 Å². The van der Waals surface area contributed by atoms with Crippen LogP contribution in [0.15, 0.2) is 50.5 Å². The second kappa shape index (κ2) is 6.25. The third kappa shape index (κ3) is 3.09. The van der Waals surface area contributed by atoms with Gasteiger partial charge in [-0.1, -0.05) is 15.9 Å². The molecule has 0 saturated heterocycles. The van der Waals surface area contributed by atoms with Gasteiger partial charge in [-0.05, 0) is 52.9 Å². The molecule has 3 rings (SSSR count). The van der Waals surface area contributed by atoms with Gasteiger partial charge in [0, 0.05) is 23.1 Å². The summed E-state index contributed by atoms with van der Waals surface area (Å²) in [6.07, 6.45) is 3.49. The first-order valence-electron chi connectivity index (χ1n) is 6.38. The van der Waals surface area contributed by atoms with E-state index in [2.05, 4.69) is 49.0 Å². The summed E-state index contributed by atoms with van der Waals surface area (Å²) in [7, 11) is 1.90. The van der Waals surface area contributed by atoms with Crippen molar-refractivity contribution in [2.75, 3.05) is 0 Å². The molecular formula is C15H11BrIN3O2. The van der Waals surface area contributed by atoms with Crippen molar-refractivity contribution in [2.45, 2.75) is 0 Å². The van der Waals surface area contributed by atoms with Crippen molar-refractivity contribution in [1.82, 2.24) is 9.99 Å². The van der Waals surface area contributed by atoms with Crippen LogP contribution in [0, 0.1) is 3.57 Å². The van der Waals surface area contributed by atoms with E-state index in [1.165, 1.54) is 0 Å². The Morgan fingerprint density at radius 1 is 1.45 bits per heavy atom. The van der Waals surface area contributed by atoms with Crippen LogP contribution in [0.5, 0.6) is 0 Å². The average Bonchev–Trinajstić information content (AvgIpc) is 3.05. The Labute approximate surface area is 148 Å². The first-order chi connectivity index (χ1) is 10.5. The lowest BCUT2D eigenvalue weighted by Gasteiger charge is -1.97. The third-order valence-corrected chi connectivity index (χ3v) is 4.37. The largest absolute Gasteiger partial charge is 0.450 e. The molecule has 7 heteroatoms. The monoisotopic (exact) mass is 471 g/mol. The van der Waals surface area contributed by atoms with Gasteiger partial charge in [0.1, 0.15) is 5.58 Å². The predicted octanol–water partition coefficient (Wildman–Crippen LogP) is 3.90. The molecule has 0 aliphatic carbocycles. The van der Waals surface area contributed by atoms with Gasteiger partial charge in [-0.3, -0.25) is 4.79 Å². The number of aromatic nitrogens is 1. The van der Waals surface area contributed by atoms with Crippen LogP contribution < -0.4 is 5.43 Å². The number of fused-ring (bicyclic) bond motifs is 1. The highest BCUT2D eigenvalue weighted by atomic mass is 127. The number of rotatable bonds is 3. The van der Waals surface area contributed by atoms with Crippen molar-refractivity contribution in [2.24, 2.45) is 12.1 Å². The molecule has 2 aromatic heterocycles. The summed E-state index contributed by atoms with van der Waals surface area (Å²) in [6, 6.07) is 9.35. The third-order valence-electron chi connectivity index (χ3n) is 3.11. The quantitative estimate of drug-likeness (QED) is 0.357. The van der Waals surface area contributed by atoms with Crippen LogP contribution in [0.3, 0.4) is 0 Å². The summed E-state index contributed by atoms with van der Waals surface area (Å²) in [6.45, 7) is 0.